The lowest BCUT2D eigenvalue weighted by molar-refractivity contribution is -0.384. The summed E-state index contributed by atoms with van der Waals surface area (Å²) in [4.78, 5) is 22.6. The predicted molar refractivity (Wildman–Crippen MR) is 158 cm³/mol. The van der Waals surface area contributed by atoms with Crippen molar-refractivity contribution in [1.29, 1.82) is 0 Å². The van der Waals surface area contributed by atoms with E-state index >= 15 is 0 Å². The maximum atomic E-state index is 12.2. The maximum Gasteiger partial charge on any atom is 0.277 e. The summed E-state index contributed by atoms with van der Waals surface area (Å²) in [5.41, 5.74) is 5.18. The van der Waals surface area contributed by atoms with Crippen LogP contribution < -0.4 is 19.6 Å². The smallest absolute Gasteiger partial charge is 0.277 e. The fourth-order valence-electron chi connectivity index (χ4n) is 3.53. The average molecular weight is 633 g/mol. The molecule has 1 aliphatic rings. The van der Waals surface area contributed by atoms with Gasteiger partial charge in [-0.2, -0.15) is 5.10 Å². The number of nitro groups is 1. The average Bonchev–Trinajstić information content (AvgIpc) is 3.48. The highest BCUT2D eigenvalue weighted by Gasteiger charge is 2.18. The molecule has 1 N–H and O–H groups in total. The summed E-state index contributed by atoms with van der Waals surface area (Å²) in [5.74, 6) is 3.56. The molecular formula is C27H26BrN3O6S2. The first-order valence-electron chi connectivity index (χ1n) is 12.0. The number of nitrogens with one attached hydrogen (secondary N) is 1. The second-order valence-electron chi connectivity index (χ2n) is 8.19. The second-order valence-corrected chi connectivity index (χ2v) is 11.8. The summed E-state index contributed by atoms with van der Waals surface area (Å²) < 4.78 is 18.4. The van der Waals surface area contributed by atoms with Gasteiger partial charge in [0.25, 0.3) is 11.6 Å². The van der Waals surface area contributed by atoms with Crippen LogP contribution in [0.4, 0.5) is 5.69 Å². The number of nitrogens with zero attached hydrogens (tertiary/aromatic N) is 2. The molecule has 0 aliphatic carbocycles. The molecule has 1 amide bonds. The number of amides is 1. The van der Waals surface area contributed by atoms with Crippen molar-refractivity contribution < 1.29 is 23.9 Å². The van der Waals surface area contributed by atoms with Crippen LogP contribution in [0.3, 0.4) is 0 Å². The number of hydrogen-bond acceptors (Lipinski definition) is 9. The minimum absolute atomic E-state index is 0.0190. The van der Waals surface area contributed by atoms with Crippen molar-refractivity contribution in [3.63, 3.8) is 0 Å². The maximum absolute atomic E-state index is 12.2. The van der Waals surface area contributed by atoms with E-state index in [1.54, 1.807) is 24.3 Å². The quantitative estimate of drug-likeness (QED) is 0.140. The molecule has 0 bridgehead atoms. The lowest BCUT2D eigenvalue weighted by atomic mass is 10.2. The summed E-state index contributed by atoms with van der Waals surface area (Å²) in [6.45, 7) is 2.31. The molecule has 1 fully saturated rings. The third kappa shape index (κ3) is 8.38. The van der Waals surface area contributed by atoms with Gasteiger partial charge in [-0.1, -0.05) is 12.1 Å². The van der Waals surface area contributed by atoms with E-state index in [9.17, 15) is 14.9 Å². The molecule has 204 valence electrons. The third-order valence-corrected chi connectivity index (χ3v) is 9.23. The van der Waals surface area contributed by atoms with E-state index in [1.165, 1.54) is 35.4 Å². The topological polar surface area (TPSA) is 112 Å². The normalized spacial score (nSPS) is 13.4. The Hall–Kier alpha value is -3.22. The zero-order valence-corrected chi connectivity index (χ0v) is 24.2. The molecule has 1 saturated heterocycles. The van der Waals surface area contributed by atoms with Crippen LogP contribution in [0.25, 0.3) is 0 Å². The van der Waals surface area contributed by atoms with Crippen LogP contribution in [-0.2, 0) is 11.4 Å². The van der Waals surface area contributed by atoms with E-state index in [-0.39, 0.29) is 24.8 Å². The van der Waals surface area contributed by atoms with Gasteiger partial charge in [0.15, 0.2) is 18.1 Å². The Morgan fingerprint density at radius 3 is 2.44 bits per heavy atom. The van der Waals surface area contributed by atoms with Crippen molar-refractivity contribution in [3.8, 4) is 17.2 Å². The van der Waals surface area contributed by atoms with Crippen molar-refractivity contribution in [2.45, 2.75) is 18.1 Å². The van der Waals surface area contributed by atoms with Gasteiger partial charge in [-0.15, -0.1) is 23.5 Å². The fourth-order valence-corrected chi connectivity index (χ4v) is 6.82. The van der Waals surface area contributed by atoms with Crippen LogP contribution in [0.2, 0.25) is 0 Å². The predicted octanol–water partition coefficient (Wildman–Crippen LogP) is 6.34. The number of hydrazone groups is 1. The Morgan fingerprint density at radius 1 is 1.08 bits per heavy atom. The largest absolute Gasteiger partial charge is 0.490 e. The Labute approximate surface area is 243 Å². The van der Waals surface area contributed by atoms with E-state index in [0.717, 1.165) is 5.56 Å². The number of halogens is 1. The van der Waals surface area contributed by atoms with Gasteiger partial charge >= 0.3 is 0 Å². The second kappa shape index (κ2) is 14.2. The number of nitro benzene ring substituents is 1. The summed E-state index contributed by atoms with van der Waals surface area (Å²) in [5, 5.41) is 14.9. The van der Waals surface area contributed by atoms with Crippen molar-refractivity contribution in [3.05, 3.63) is 91.9 Å². The van der Waals surface area contributed by atoms with Gasteiger partial charge in [0.05, 0.1) is 22.3 Å². The fraction of sp³-hybridized carbons (Fsp3) is 0.259. The molecule has 0 radical (unpaired) electrons. The first kappa shape index (κ1) is 28.8. The van der Waals surface area contributed by atoms with Crippen LogP contribution in [0, 0.1) is 10.1 Å². The Morgan fingerprint density at radius 2 is 1.77 bits per heavy atom. The van der Waals surface area contributed by atoms with Crippen LogP contribution >= 0.6 is 39.5 Å². The van der Waals surface area contributed by atoms with Gasteiger partial charge in [-0.25, -0.2) is 5.43 Å². The lowest BCUT2D eigenvalue weighted by Crippen LogP contribution is -2.24. The summed E-state index contributed by atoms with van der Waals surface area (Å²) in [6.07, 6.45) is 1.50. The highest BCUT2D eigenvalue weighted by molar-refractivity contribution is 9.10. The van der Waals surface area contributed by atoms with Gasteiger partial charge in [-0.05, 0) is 70.4 Å². The van der Waals surface area contributed by atoms with E-state index in [4.69, 9.17) is 14.2 Å². The molecule has 0 spiro atoms. The zero-order valence-electron chi connectivity index (χ0n) is 21.0. The van der Waals surface area contributed by atoms with Crippen LogP contribution in [0.15, 0.2) is 70.2 Å². The molecule has 1 aliphatic heterocycles. The number of thioether (sulfide) groups is 2. The molecular weight excluding hydrogens is 606 g/mol. The number of benzene rings is 3. The van der Waals surface area contributed by atoms with Crippen molar-refractivity contribution in [2.24, 2.45) is 5.10 Å². The van der Waals surface area contributed by atoms with Gasteiger partial charge in [0.2, 0.25) is 0 Å². The van der Waals surface area contributed by atoms with Crippen LogP contribution in [0.1, 0.15) is 28.2 Å². The Balaban J connectivity index is 1.30. The van der Waals surface area contributed by atoms with Crippen molar-refractivity contribution >= 4 is 57.3 Å². The molecule has 4 rings (SSSR count). The van der Waals surface area contributed by atoms with Gasteiger partial charge in [-0.3, -0.25) is 14.9 Å². The van der Waals surface area contributed by atoms with E-state index in [0.29, 0.717) is 38.5 Å². The molecule has 1 heterocycles. The molecule has 0 saturated carbocycles. The number of carbonyl (C=O) groups is 1. The minimum atomic E-state index is -0.446. The molecule has 0 atom stereocenters. The molecule has 12 heteroatoms. The first-order chi connectivity index (χ1) is 18.9. The van der Waals surface area contributed by atoms with Gasteiger partial charge in [0.1, 0.15) is 12.4 Å². The first-order valence-corrected chi connectivity index (χ1v) is 14.9. The van der Waals surface area contributed by atoms with Crippen LogP contribution in [-0.4, -0.2) is 41.8 Å². The molecule has 3 aromatic carbocycles. The highest BCUT2D eigenvalue weighted by atomic mass is 79.9. The SMILES string of the molecule is CCOc1cc(/C=N\NC(=O)COc2ccc(C3SCCS3)cc2)c(Br)cc1OCc1ccc([N+](=O)[O-])cc1. The number of rotatable bonds is 12. The van der Waals surface area contributed by atoms with Gasteiger partial charge < -0.3 is 14.2 Å². The Kier molecular flexibility index (Phi) is 10.5. The van der Waals surface area contributed by atoms with E-state index < -0.39 is 4.92 Å². The van der Waals surface area contributed by atoms with E-state index in [1.807, 2.05) is 54.7 Å². The lowest BCUT2D eigenvalue weighted by Gasteiger charge is -2.14. The van der Waals surface area contributed by atoms with Crippen LogP contribution in [0.5, 0.6) is 17.2 Å². The minimum Gasteiger partial charge on any atom is -0.490 e. The monoisotopic (exact) mass is 631 g/mol. The standard InChI is InChI=1S/C27H26BrN3O6S2/c1-2-35-24-13-20(23(28)14-25(24)37-16-18-3-7-21(8-4-18)31(33)34)15-29-30-26(32)17-36-22-9-5-19(6-10-22)27-38-11-12-39-27/h3-10,13-15,27H,2,11-12,16-17H2,1H3,(H,30,32)/b29-15-. The Bertz CT molecular complexity index is 1320. The molecule has 0 aromatic heterocycles. The number of ether oxygens (including phenoxy) is 3. The zero-order chi connectivity index (χ0) is 27.6. The summed E-state index contributed by atoms with van der Waals surface area (Å²) in [7, 11) is 0. The van der Waals surface area contributed by atoms with Gasteiger partial charge in [0, 0.05) is 33.7 Å². The number of carbonyl (C=O) groups excluding carboxylic acids is 1. The molecule has 9 nitrogen and oxygen atoms in total. The third-order valence-electron chi connectivity index (χ3n) is 5.44. The van der Waals surface area contributed by atoms with E-state index in [2.05, 4.69) is 26.5 Å². The van der Waals surface area contributed by atoms with Crippen molar-refractivity contribution in [1.82, 2.24) is 5.43 Å². The molecule has 39 heavy (non-hydrogen) atoms. The summed E-state index contributed by atoms with van der Waals surface area (Å²) >= 11 is 7.38. The number of non-ortho nitro benzene ring substituents is 1. The summed E-state index contributed by atoms with van der Waals surface area (Å²) in [6, 6.07) is 17.5. The highest BCUT2D eigenvalue weighted by Crippen LogP contribution is 2.45. The molecule has 3 aromatic rings. The number of hydrogen-bond donors (Lipinski definition) is 1. The van der Waals surface area contributed by atoms with Crippen molar-refractivity contribution in [2.75, 3.05) is 24.7 Å². The molecule has 0 unspecified atom stereocenters.